The molecule has 1 aliphatic rings. The smallest absolute Gasteiger partial charge is 0.228 e. The molecule has 1 unspecified atom stereocenters. The molecule has 184 valence electrons. The molecule has 7 nitrogen and oxygen atoms in total. The molecule has 1 atom stereocenters. The number of tetrazole rings is 1. The third kappa shape index (κ3) is 5.11. The number of amides is 1. The number of carbonyl (C=O) groups excluding carboxylic acids is 1. The highest BCUT2D eigenvalue weighted by molar-refractivity contribution is 6.04. The van der Waals surface area contributed by atoms with Gasteiger partial charge in [0, 0.05) is 17.1 Å². The number of hydrogen-bond donors (Lipinski definition) is 2. The fourth-order valence-electron chi connectivity index (χ4n) is 4.53. The summed E-state index contributed by atoms with van der Waals surface area (Å²) in [5.74, 6) is 1.03. The molecule has 4 aromatic rings. The van der Waals surface area contributed by atoms with E-state index >= 15 is 0 Å². The molecule has 0 spiro atoms. The van der Waals surface area contributed by atoms with E-state index < -0.39 is 0 Å². The molecular formula is C30H27N5O2. The van der Waals surface area contributed by atoms with Crippen LogP contribution in [0.15, 0.2) is 92.0 Å². The van der Waals surface area contributed by atoms with Crippen molar-refractivity contribution in [2.75, 3.05) is 11.9 Å². The number of carbonyl (C=O) groups is 1. The number of hydrogen-bond acceptors (Lipinski definition) is 5. The predicted molar refractivity (Wildman–Crippen MR) is 145 cm³/mol. The number of aryl methyl sites for hydroxylation is 1. The van der Waals surface area contributed by atoms with Gasteiger partial charge >= 0.3 is 0 Å². The molecule has 0 fully saturated rings. The Bertz CT molecular complexity index is 1470. The number of aromatic amines is 1. The van der Waals surface area contributed by atoms with Crippen LogP contribution in [0.3, 0.4) is 0 Å². The van der Waals surface area contributed by atoms with Crippen LogP contribution in [-0.4, -0.2) is 33.1 Å². The maximum atomic E-state index is 13.1. The average molecular weight is 490 g/mol. The largest absolute Gasteiger partial charge is 0.490 e. The van der Waals surface area contributed by atoms with E-state index in [4.69, 9.17) is 4.74 Å². The van der Waals surface area contributed by atoms with E-state index in [9.17, 15) is 4.79 Å². The summed E-state index contributed by atoms with van der Waals surface area (Å²) in [5.41, 5.74) is 7.08. The van der Waals surface area contributed by atoms with Gasteiger partial charge in [-0.1, -0.05) is 85.5 Å². The Morgan fingerprint density at radius 3 is 2.65 bits per heavy atom. The van der Waals surface area contributed by atoms with Gasteiger partial charge in [-0.05, 0) is 51.7 Å². The van der Waals surface area contributed by atoms with Crippen molar-refractivity contribution in [3.63, 3.8) is 0 Å². The highest BCUT2D eigenvalue weighted by Gasteiger charge is 2.30. The Morgan fingerprint density at radius 1 is 1.16 bits per heavy atom. The van der Waals surface area contributed by atoms with E-state index in [2.05, 4.69) is 57.3 Å². The van der Waals surface area contributed by atoms with E-state index in [-0.39, 0.29) is 18.2 Å². The Morgan fingerprint density at radius 2 is 1.95 bits per heavy atom. The van der Waals surface area contributed by atoms with Gasteiger partial charge < -0.3 is 10.1 Å². The number of aromatic nitrogens is 4. The first kappa shape index (κ1) is 23.9. The Labute approximate surface area is 215 Å². The quantitative estimate of drug-likeness (QED) is 0.319. The molecule has 0 saturated carbocycles. The van der Waals surface area contributed by atoms with Crippen molar-refractivity contribution >= 4 is 22.7 Å². The molecule has 37 heavy (non-hydrogen) atoms. The first-order valence-corrected chi connectivity index (χ1v) is 12.0. The number of ether oxygens (including phenoxy) is 1. The van der Waals surface area contributed by atoms with Gasteiger partial charge in [-0.25, -0.2) is 5.10 Å². The van der Waals surface area contributed by atoms with Gasteiger partial charge in [0.25, 0.3) is 0 Å². The van der Waals surface area contributed by atoms with Crippen LogP contribution >= 0.6 is 0 Å². The van der Waals surface area contributed by atoms with E-state index in [0.717, 1.165) is 33.4 Å². The molecule has 2 heterocycles. The summed E-state index contributed by atoms with van der Waals surface area (Å²) in [6.45, 7) is 10.6. The lowest BCUT2D eigenvalue weighted by Crippen LogP contribution is -2.15. The van der Waals surface area contributed by atoms with Crippen molar-refractivity contribution in [1.82, 2.24) is 20.6 Å². The van der Waals surface area contributed by atoms with Crippen molar-refractivity contribution in [2.45, 2.75) is 19.3 Å². The maximum Gasteiger partial charge on any atom is 0.228 e. The van der Waals surface area contributed by atoms with E-state index in [1.807, 2.05) is 61.5 Å². The second-order valence-corrected chi connectivity index (χ2v) is 8.97. The zero-order chi connectivity index (χ0) is 25.8. The molecule has 5 rings (SSSR count). The van der Waals surface area contributed by atoms with Crippen molar-refractivity contribution in [3.8, 4) is 5.75 Å². The maximum absolute atomic E-state index is 13.1. The first-order valence-electron chi connectivity index (χ1n) is 12.0. The summed E-state index contributed by atoms with van der Waals surface area (Å²) in [5, 5.41) is 17.2. The molecular weight excluding hydrogens is 462 g/mol. The van der Waals surface area contributed by atoms with Crippen LogP contribution in [0.4, 0.5) is 5.69 Å². The average Bonchev–Trinajstić information content (AvgIpc) is 3.59. The molecule has 0 aliphatic carbocycles. The van der Waals surface area contributed by atoms with Crippen LogP contribution in [0.25, 0.3) is 11.1 Å². The number of nitrogens with one attached hydrogen (secondary N) is 2. The zero-order valence-electron chi connectivity index (χ0n) is 20.6. The molecule has 2 N–H and O–H groups in total. The predicted octanol–water partition coefficient (Wildman–Crippen LogP) is 5.50. The minimum atomic E-state index is -0.123. The van der Waals surface area contributed by atoms with Gasteiger partial charge in [0.15, 0.2) is 5.82 Å². The highest BCUT2D eigenvalue weighted by atomic mass is 16.5. The van der Waals surface area contributed by atoms with Crippen molar-refractivity contribution in [1.29, 1.82) is 0 Å². The van der Waals surface area contributed by atoms with Gasteiger partial charge in [-0.2, -0.15) is 0 Å². The van der Waals surface area contributed by atoms with Gasteiger partial charge in [-0.3, -0.25) is 4.79 Å². The van der Waals surface area contributed by atoms with Crippen LogP contribution in [0.1, 0.15) is 39.6 Å². The summed E-state index contributed by atoms with van der Waals surface area (Å²) in [4.78, 5) is 13.1. The number of benzene rings is 3. The Hall–Kier alpha value is -4.78. The summed E-state index contributed by atoms with van der Waals surface area (Å²) < 4.78 is 6.18. The third-order valence-corrected chi connectivity index (χ3v) is 6.40. The molecule has 1 aliphatic heterocycles. The van der Waals surface area contributed by atoms with Gasteiger partial charge in [-0.15, -0.1) is 5.10 Å². The summed E-state index contributed by atoms with van der Waals surface area (Å²) >= 11 is 0. The normalized spacial score (nSPS) is 14.5. The number of allylic oxidation sites excluding steroid dienone is 4. The number of fused-ring (bicyclic) bond motifs is 1. The lowest BCUT2D eigenvalue weighted by molar-refractivity contribution is -0.115. The van der Waals surface area contributed by atoms with Crippen LogP contribution in [0.5, 0.6) is 5.75 Å². The summed E-state index contributed by atoms with van der Waals surface area (Å²) in [7, 11) is 0. The lowest BCUT2D eigenvalue weighted by atomic mass is 9.88. The first-order chi connectivity index (χ1) is 18.0. The van der Waals surface area contributed by atoms with Gasteiger partial charge in [0.05, 0.1) is 18.7 Å². The summed E-state index contributed by atoms with van der Waals surface area (Å²) in [6.07, 6.45) is 3.81. The molecule has 1 aromatic heterocycles. The third-order valence-electron chi connectivity index (χ3n) is 6.40. The molecule has 0 bridgehead atoms. The lowest BCUT2D eigenvalue weighted by Gasteiger charge is -2.16. The van der Waals surface area contributed by atoms with Crippen molar-refractivity contribution in [3.05, 3.63) is 126 Å². The van der Waals surface area contributed by atoms with Gasteiger partial charge in [0.1, 0.15) is 5.75 Å². The van der Waals surface area contributed by atoms with E-state index in [1.165, 1.54) is 0 Å². The summed E-state index contributed by atoms with van der Waals surface area (Å²) in [6, 6.07) is 22.1. The van der Waals surface area contributed by atoms with Crippen LogP contribution in [-0.2, 0) is 11.2 Å². The monoisotopic (exact) mass is 489 g/mol. The SMILES string of the molecule is C=C/C=C(\C(=C)c1nnn[nH]1)c1cc(NC(=O)Cc2ccc(C)cc2)c2c(c1)C(c1ccccc1)CO2. The van der Waals surface area contributed by atoms with Crippen LogP contribution in [0.2, 0.25) is 0 Å². The number of nitrogens with zero attached hydrogens (tertiary/aromatic N) is 3. The minimum absolute atomic E-state index is 0.0223. The van der Waals surface area contributed by atoms with Crippen LogP contribution < -0.4 is 10.1 Å². The molecule has 0 saturated heterocycles. The van der Waals surface area contributed by atoms with Crippen molar-refractivity contribution in [2.24, 2.45) is 0 Å². The van der Waals surface area contributed by atoms with Crippen molar-refractivity contribution < 1.29 is 9.53 Å². The zero-order valence-corrected chi connectivity index (χ0v) is 20.6. The Kier molecular flexibility index (Phi) is 6.76. The van der Waals surface area contributed by atoms with E-state index in [1.54, 1.807) is 6.08 Å². The second-order valence-electron chi connectivity index (χ2n) is 8.97. The standard InChI is InChI=1S/C30H27N5O2/c1-4-8-24(20(3)30-32-34-35-33-30)23-16-25-26(22-9-6-5-7-10-22)18-37-29(25)27(17-23)31-28(36)15-21-13-11-19(2)12-14-21/h4-14,16-17,26H,1,3,15,18H2,2H3,(H,31,36)(H,32,33,34,35)/b24-8+. The molecule has 1 amide bonds. The number of anilines is 1. The van der Waals surface area contributed by atoms with Crippen LogP contribution in [0, 0.1) is 6.92 Å². The molecule has 3 aromatic carbocycles. The topological polar surface area (TPSA) is 92.8 Å². The fraction of sp³-hybridized carbons (Fsp3) is 0.133. The number of rotatable bonds is 8. The van der Waals surface area contributed by atoms with E-state index in [0.29, 0.717) is 29.4 Å². The van der Waals surface area contributed by atoms with Gasteiger partial charge in [0.2, 0.25) is 5.91 Å². The Balaban J connectivity index is 1.56. The number of H-pyrrole nitrogens is 1. The molecule has 0 radical (unpaired) electrons. The second kappa shape index (κ2) is 10.5. The fourth-order valence-corrected chi connectivity index (χ4v) is 4.53. The molecule has 7 heteroatoms. The highest BCUT2D eigenvalue weighted by Crippen LogP contribution is 2.45. The minimum Gasteiger partial charge on any atom is -0.490 e.